The second kappa shape index (κ2) is 9.92. The van der Waals surface area contributed by atoms with E-state index in [1.807, 2.05) is 0 Å². The summed E-state index contributed by atoms with van der Waals surface area (Å²) in [4.78, 5) is 0. The minimum absolute atomic E-state index is 0.0785. The molecule has 3 rings (SSSR count). The third kappa shape index (κ3) is 4.48. The molecule has 0 unspecified atom stereocenters. The van der Waals surface area contributed by atoms with Crippen LogP contribution in [0.1, 0.15) is 112 Å². The summed E-state index contributed by atoms with van der Waals surface area (Å²) in [6, 6.07) is 0. The van der Waals surface area contributed by atoms with Crippen LogP contribution in [0.5, 0.6) is 0 Å². The number of oxime groups is 1. The zero-order chi connectivity index (χ0) is 21.9. The average molecular weight is 419 g/mol. The molecule has 30 heavy (non-hydrogen) atoms. The summed E-state index contributed by atoms with van der Waals surface area (Å²) < 4.78 is 0. The quantitative estimate of drug-likeness (QED) is 0.235. The van der Waals surface area contributed by atoms with Crippen molar-refractivity contribution in [3.8, 4) is 0 Å². The topological polar surface area (TPSA) is 58.6 Å². The Morgan fingerprint density at radius 1 is 1.00 bits per heavy atom. The van der Waals surface area contributed by atoms with Crippen LogP contribution in [0.25, 0.3) is 0 Å². The monoisotopic (exact) mass is 418 g/mol. The Kier molecular flexibility index (Phi) is 7.96. The van der Waals surface area contributed by atoms with Crippen molar-refractivity contribution in [1.29, 1.82) is 0 Å². The van der Waals surface area contributed by atoms with Gasteiger partial charge in [-0.05, 0) is 98.8 Å². The lowest BCUT2D eigenvalue weighted by Crippen LogP contribution is -2.52. The lowest BCUT2D eigenvalue weighted by atomic mass is 9.47. The van der Waals surface area contributed by atoms with E-state index in [0.717, 1.165) is 67.5 Å². The molecule has 0 saturated heterocycles. The van der Waals surface area contributed by atoms with Gasteiger partial charge in [0.15, 0.2) is 0 Å². The molecule has 0 aromatic carbocycles. The standard InChI is InChI=1S/C27H50N2O/c1-19(2)9-8-10-20(3)22-12-13-23-21-11-14-25(29-30)27(5,16-6-7-18-28)24(21)15-17-26(22,23)4/h19-24,30H,6-18,28H2,1-5H3/b29-25+/t20-,21+,22-,23+,24+,26-,27-/m1/s1. The first-order valence-electron chi connectivity index (χ1n) is 13.2. The normalized spacial score (nSPS) is 41.1. The van der Waals surface area contributed by atoms with Crippen molar-refractivity contribution >= 4 is 5.71 Å². The van der Waals surface area contributed by atoms with Gasteiger partial charge in [0.25, 0.3) is 0 Å². The molecular formula is C27H50N2O. The molecular weight excluding hydrogens is 368 g/mol. The van der Waals surface area contributed by atoms with Gasteiger partial charge in [0.2, 0.25) is 0 Å². The SMILES string of the molecule is CC(C)CCC[C@@H](C)[C@H]1CC[C@H]2[C@@H]3CC/C(=N\O)[C@](C)(CCCCN)[C@H]3CC[C@]12C. The number of nitrogens with zero attached hydrogens (tertiary/aromatic N) is 1. The summed E-state index contributed by atoms with van der Waals surface area (Å²) >= 11 is 0. The molecule has 3 aliphatic carbocycles. The second-order valence-corrected chi connectivity index (χ2v) is 12.2. The molecule has 3 N–H and O–H groups in total. The minimum Gasteiger partial charge on any atom is -0.411 e. The highest BCUT2D eigenvalue weighted by Crippen LogP contribution is 2.66. The molecule has 0 amide bonds. The van der Waals surface area contributed by atoms with Crippen molar-refractivity contribution in [2.75, 3.05) is 6.54 Å². The first-order valence-corrected chi connectivity index (χ1v) is 13.2. The summed E-state index contributed by atoms with van der Waals surface area (Å²) in [7, 11) is 0. The molecule has 0 aromatic rings. The van der Waals surface area contributed by atoms with Gasteiger partial charge in [-0.3, -0.25) is 0 Å². The van der Waals surface area contributed by atoms with Crippen molar-refractivity contribution in [2.24, 2.45) is 57.2 Å². The molecule has 3 heteroatoms. The van der Waals surface area contributed by atoms with Gasteiger partial charge in [-0.2, -0.15) is 0 Å². The fourth-order valence-corrected chi connectivity index (χ4v) is 8.44. The first-order chi connectivity index (χ1) is 14.3. The van der Waals surface area contributed by atoms with Gasteiger partial charge >= 0.3 is 0 Å². The van der Waals surface area contributed by atoms with Gasteiger partial charge < -0.3 is 10.9 Å². The summed E-state index contributed by atoms with van der Waals surface area (Å²) in [6.45, 7) is 13.1. The zero-order valence-electron chi connectivity index (χ0n) is 20.6. The second-order valence-electron chi connectivity index (χ2n) is 12.2. The van der Waals surface area contributed by atoms with Crippen LogP contribution in [-0.2, 0) is 0 Å². The lowest BCUT2D eigenvalue weighted by molar-refractivity contribution is -0.0452. The highest BCUT2D eigenvalue weighted by atomic mass is 16.4. The molecule has 3 aliphatic rings. The largest absolute Gasteiger partial charge is 0.411 e. The highest BCUT2D eigenvalue weighted by Gasteiger charge is 2.59. The fraction of sp³-hybridized carbons (Fsp3) is 0.963. The fourth-order valence-electron chi connectivity index (χ4n) is 8.44. The molecule has 3 fully saturated rings. The van der Waals surface area contributed by atoms with Crippen LogP contribution in [0.4, 0.5) is 0 Å². The Morgan fingerprint density at radius 2 is 1.77 bits per heavy atom. The maximum absolute atomic E-state index is 9.81. The molecule has 0 aliphatic heterocycles. The number of hydrogen-bond acceptors (Lipinski definition) is 3. The molecule has 174 valence electrons. The predicted octanol–water partition coefficient (Wildman–Crippen LogP) is 7.27. The third-order valence-corrected chi connectivity index (χ3v) is 10.1. The minimum atomic E-state index is 0.0785. The van der Waals surface area contributed by atoms with Gasteiger partial charge in [-0.25, -0.2) is 0 Å². The van der Waals surface area contributed by atoms with Crippen LogP contribution >= 0.6 is 0 Å². The summed E-state index contributed by atoms with van der Waals surface area (Å²) in [5.41, 5.74) is 7.48. The summed E-state index contributed by atoms with van der Waals surface area (Å²) in [5, 5.41) is 13.7. The van der Waals surface area contributed by atoms with Crippen LogP contribution in [-0.4, -0.2) is 17.5 Å². The van der Waals surface area contributed by atoms with Crippen LogP contribution in [0, 0.1) is 46.3 Å². The van der Waals surface area contributed by atoms with E-state index in [-0.39, 0.29) is 5.41 Å². The van der Waals surface area contributed by atoms with Gasteiger partial charge in [0.1, 0.15) is 0 Å². The Bertz CT molecular complexity index is 587. The molecule has 0 bridgehead atoms. The van der Waals surface area contributed by atoms with Gasteiger partial charge in [0.05, 0.1) is 5.71 Å². The zero-order valence-corrected chi connectivity index (χ0v) is 20.6. The smallest absolute Gasteiger partial charge is 0.0632 e. The van der Waals surface area contributed by atoms with E-state index in [2.05, 4.69) is 39.8 Å². The molecule has 7 atom stereocenters. The number of nitrogens with two attached hydrogens (primary N) is 1. The van der Waals surface area contributed by atoms with Gasteiger partial charge in [-0.15, -0.1) is 0 Å². The van der Waals surface area contributed by atoms with Crippen LogP contribution in [0.3, 0.4) is 0 Å². The molecule has 0 radical (unpaired) electrons. The van der Waals surface area contributed by atoms with Crippen molar-refractivity contribution in [2.45, 2.75) is 112 Å². The van der Waals surface area contributed by atoms with Crippen molar-refractivity contribution < 1.29 is 5.21 Å². The maximum Gasteiger partial charge on any atom is 0.0632 e. The molecule has 0 aromatic heterocycles. The number of hydrogen-bond donors (Lipinski definition) is 2. The van der Waals surface area contributed by atoms with Gasteiger partial charge in [-0.1, -0.05) is 65.5 Å². The Labute approximate surface area is 186 Å². The van der Waals surface area contributed by atoms with Crippen LogP contribution < -0.4 is 5.73 Å². The van der Waals surface area contributed by atoms with E-state index in [9.17, 15) is 5.21 Å². The number of rotatable bonds is 9. The molecule has 3 saturated carbocycles. The molecule has 3 nitrogen and oxygen atoms in total. The van der Waals surface area contributed by atoms with E-state index in [1.54, 1.807) is 0 Å². The van der Waals surface area contributed by atoms with E-state index in [1.165, 1.54) is 51.4 Å². The van der Waals surface area contributed by atoms with E-state index < -0.39 is 0 Å². The van der Waals surface area contributed by atoms with Crippen molar-refractivity contribution in [3.05, 3.63) is 0 Å². The first kappa shape index (κ1) is 24.1. The average Bonchev–Trinajstić information content (AvgIpc) is 3.05. The lowest BCUT2D eigenvalue weighted by Gasteiger charge is -2.57. The van der Waals surface area contributed by atoms with Crippen LogP contribution in [0.2, 0.25) is 0 Å². The Morgan fingerprint density at radius 3 is 2.43 bits per heavy atom. The highest BCUT2D eigenvalue weighted by molar-refractivity contribution is 5.90. The Balaban J connectivity index is 1.73. The van der Waals surface area contributed by atoms with Gasteiger partial charge in [0, 0.05) is 5.41 Å². The van der Waals surface area contributed by atoms with E-state index in [0.29, 0.717) is 11.3 Å². The molecule has 0 spiro atoms. The molecule has 0 heterocycles. The number of unbranched alkanes of at least 4 members (excludes halogenated alkanes) is 1. The predicted molar refractivity (Wildman–Crippen MR) is 128 cm³/mol. The van der Waals surface area contributed by atoms with Crippen molar-refractivity contribution in [1.82, 2.24) is 0 Å². The van der Waals surface area contributed by atoms with Crippen molar-refractivity contribution in [3.63, 3.8) is 0 Å². The Hall–Kier alpha value is -0.570. The summed E-state index contributed by atoms with van der Waals surface area (Å²) in [6.07, 6.45) is 15.4. The van der Waals surface area contributed by atoms with Crippen LogP contribution in [0.15, 0.2) is 5.16 Å². The van der Waals surface area contributed by atoms with E-state index in [4.69, 9.17) is 5.73 Å². The van der Waals surface area contributed by atoms with E-state index >= 15 is 0 Å². The maximum atomic E-state index is 9.81. The number of fused-ring (bicyclic) bond motifs is 3. The summed E-state index contributed by atoms with van der Waals surface area (Å²) in [5.74, 6) is 5.01. The third-order valence-electron chi connectivity index (χ3n) is 10.1.